The van der Waals surface area contributed by atoms with Gasteiger partial charge in [0.15, 0.2) is 21.3 Å². The molecule has 1 aliphatic heterocycles. The first-order valence-electron chi connectivity index (χ1n) is 9.08. The van der Waals surface area contributed by atoms with Crippen LogP contribution in [-0.4, -0.2) is 46.4 Å². The van der Waals surface area contributed by atoms with Crippen LogP contribution in [0.2, 0.25) is 0 Å². The molecule has 5 nitrogen and oxygen atoms in total. The smallest absolute Gasteiger partial charge is 0.180 e. The van der Waals surface area contributed by atoms with E-state index in [0.29, 0.717) is 10.6 Å². The summed E-state index contributed by atoms with van der Waals surface area (Å²) in [6.45, 7) is 4.32. The lowest BCUT2D eigenvalue weighted by Gasteiger charge is -2.35. The predicted molar refractivity (Wildman–Crippen MR) is 106 cm³/mol. The maximum atomic E-state index is 12.4. The van der Waals surface area contributed by atoms with E-state index in [0.717, 1.165) is 24.3 Å². The highest BCUT2D eigenvalue weighted by atomic mass is 32.2. The Kier molecular flexibility index (Phi) is 5.49. The number of nitrogens with zero attached hydrogens (tertiary/aromatic N) is 1. The first-order chi connectivity index (χ1) is 12.8. The number of hydrogen-bond donors (Lipinski definition) is 0. The molecule has 1 aliphatic rings. The first-order valence-corrected chi connectivity index (χ1v) is 10.6. The molecule has 1 unspecified atom stereocenters. The largest absolute Gasteiger partial charge is 0.493 e. The first kappa shape index (κ1) is 19.7. The second-order valence-corrected chi connectivity index (χ2v) is 9.71. The molecule has 146 valence electrons. The van der Waals surface area contributed by atoms with Gasteiger partial charge in [-0.2, -0.15) is 0 Å². The van der Waals surface area contributed by atoms with Crippen LogP contribution in [0.3, 0.4) is 0 Å². The highest BCUT2D eigenvalue weighted by Crippen LogP contribution is 2.40. The number of rotatable bonds is 5. The Hall–Kier alpha value is -2.05. The second-order valence-electron chi connectivity index (χ2n) is 7.20. The summed E-state index contributed by atoms with van der Waals surface area (Å²) in [5.41, 5.74) is 3.46. The SMILES string of the molecule is COc1cc2c(cc1OC)C(c1ccc(S(=O)(=O)C(C)C)cc1)N(C)CC2. The lowest BCUT2D eigenvalue weighted by Crippen LogP contribution is -2.33. The van der Waals surface area contributed by atoms with Crippen molar-refractivity contribution >= 4 is 9.84 Å². The van der Waals surface area contributed by atoms with Crippen LogP contribution in [0.1, 0.15) is 36.6 Å². The molecule has 0 radical (unpaired) electrons. The van der Waals surface area contributed by atoms with Crippen LogP contribution in [0, 0.1) is 0 Å². The van der Waals surface area contributed by atoms with E-state index in [4.69, 9.17) is 9.47 Å². The van der Waals surface area contributed by atoms with Crippen LogP contribution >= 0.6 is 0 Å². The minimum absolute atomic E-state index is 0.0457. The topological polar surface area (TPSA) is 55.8 Å². The molecule has 0 bridgehead atoms. The van der Waals surface area contributed by atoms with E-state index >= 15 is 0 Å². The van der Waals surface area contributed by atoms with Crippen LogP contribution in [0.5, 0.6) is 11.5 Å². The van der Waals surface area contributed by atoms with Gasteiger partial charge in [0.1, 0.15) is 0 Å². The van der Waals surface area contributed by atoms with Gasteiger partial charge in [-0.15, -0.1) is 0 Å². The Morgan fingerprint density at radius 3 is 2.19 bits per heavy atom. The van der Waals surface area contributed by atoms with Crippen molar-refractivity contribution in [1.82, 2.24) is 4.90 Å². The maximum Gasteiger partial charge on any atom is 0.180 e. The summed E-state index contributed by atoms with van der Waals surface area (Å²) in [5, 5.41) is -0.432. The Morgan fingerprint density at radius 1 is 1.04 bits per heavy atom. The van der Waals surface area contributed by atoms with Gasteiger partial charge in [0.2, 0.25) is 0 Å². The standard InChI is InChI=1S/C21H27NO4S/c1-14(2)27(23,24)17-8-6-15(7-9-17)21-18-13-20(26-5)19(25-4)12-16(18)10-11-22(21)3/h6-9,12-14,21H,10-11H2,1-5H3. The van der Waals surface area contributed by atoms with Gasteiger partial charge < -0.3 is 9.47 Å². The number of sulfone groups is 1. The molecule has 0 aliphatic carbocycles. The molecular formula is C21H27NO4S. The minimum atomic E-state index is -3.27. The van der Waals surface area contributed by atoms with Crippen molar-refractivity contribution in [3.05, 3.63) is 53.1 Å². The summed E-state index contributed by atoms with van der Waals surface area (Å²) in [6, 6.07) is 11.4. The molecule has 6 heteroatoms. The fourth-order valence-electron chi connectivity index (χ4n) is 3.62. The average molecular weight is 390 g/mol. The van der Waals surface area contributed by atoms with Crippen LogP contribution in [0.4, 0.5) is 0 Å². The quantitative estimate of drug-likeness (QED) is 0.784. The van der Waals surface area contributed by atoms with Gasteiger partial charge in [0.25, 0.3) is 0 Å². The normalized spacial score (nSPS) is 17.6. The zero-order valence-electron chi connectivity index (χ0n) is 16.5. The Morgan fingerprint density at radius 2 is 1.63 bits per heavy atom. The molecule has 0 saturated heterocycles. The van der Waals surface area contributed by atoms with Gasteiger partial charge in [0.05, 0.1) is 30.4 Å². The van der Waals surface area contributed by atoms with Crippen LogP contribution in [0.15, 0.2) is 41.3 Å². The molecule has 0 fully saturated rings. The summed E-state index contributed by atoms with van der Waals surface area (Å²) in [6.07, 6.45) is 0.933. The third kappa shape index (κ3) is 3.56. The molecule has 27 heavy (non-hydrogen) atoms. The van der Waals surface area contributed by atoms with Crippen molar-refractivity contribution < 1.29 is 17.9 Å². The molecule has 0 spiro atoms. The summed E-state index contributed by atoms with van der Waals surface area (Å²) < 4.78 is 35.7. The van der Waals surface area contributed by atoms with Crippen molar-refractivity contribution in [2.24, 2.45) is 0 Å². The van der Waals surface area contributed by atoms with E-state index in [2.05, 4.69) is 11.9 Å². The number of hydrogen-bond acceptors (Lipinski definition) is 5. The number of likely N-dealkylation sites (N-methyl/N-ethyl adjacent to an activating group) is 1. The van der Waals surface area contributed by atoms with Crippen molar-refractivity contribution in [3.63, 3.8) is 0 Å². The highest BCUT2D eigenvalue weighted by molar-refractivity contribution is 7.92. The fraction of sp³-hybridized carbons (Fsp3) is 0.429. The molecule has 0 N–H and O–H groups in total. The van der Waals surface area contributed by atoms with Gasteiger partial charge in [-0.25, -0.2) is 8.42 Å². The fourth-order valence-corrected chi connectivity index (χ4v) is 4.68. The summed E-state index contributed by atoms with van der Waals surface area (Å²) >= 11 is 0. The number of ether oxygens (including phenoxy) is 2. The molecule has 1 atom stereocenters. The maximum absolute atomic E-state index is 12.4. The molecule has 3 rings (SSSR count). The van der Waals surface area contributed by atoms with E-state index < -0.39 is 15.1 Å². The summed E-state index contributed by atoms with van der Waals surface area (Å²) in [5.74, 6) is 1.44. The number of benzene rings is 2. The second kappa shape index (κ2) is 7.52. The zero-order valence-corrected chi connectivity index (χ0v) is 17.3. The Labute approximate surface area is 161 Å². The lowest BCUT2D eigenvalue weighted by molar-refractivity contribution is 0.262. The van der Waals surface area contributed by atoms with Crippen LogP contribution in [0.25, 0.3) is 0 Å². The van der Waals surface area contributed by atoms with E-state index in [1.54, 1.807) is 40.2 Å². The third-order valence-corrected chi connectivity index (χ3v) is 7.43. The van der Waals surface area contributed by atoms with Crippen molar-refractivity contribution in [3.8, 4) is 11.5 Å². The third-order valence-electron chi connectivity index (χ3n) is 5.26. The summed E-state index contributed by atoms with van der Waals surface area (Å²) in [4.78, 5) is 2.65. The molecule has 2 aromatic rings. The van der Waals surface area contributed by atoms with Gasteiger partial charge in [-0.05, 0) is 68.3 Å². The predicted octanol–water partition coefficient (Wildman–Crippen LogP) is 3.46. The molecule has 0 amide bonds. The zero-order chi connectivity index (χ0) is 19.8. The molecule has 2 aromatic carbocycles. The van der Waals surface area contributed by atoms with E-state index in [9.17, 15) is 8.42 Å². The number of fused-ring (bicyclic) bond motifs is 1. The molecule has 1 heterocycles. The van der Waals surface area contributed by atoms with Crippen LogP contribution < -0.4 is 9.47 Å². The number of methoxy groups -OCH3 is 2. The lowest BCUT2D eigenvalue weighted by atomic mass is 9.88. The van der Waals surface area contributed by atoms with Gasteiger partial charge in [-0.1, -0.05) is 12.1 Å². The monoisotopic (exact) mass is 389 g/mol. The average Bonchev–Trinajstić information content (AvgIpc) is 2.66. The highest BCUT2D eigenvalue weighted by Gasteiger charge is 2.28. The van der Waals surface area contributed by atoms with Gasteiger partial charge in [0, 0.05) is 6.54 Å². The Bertz CT molecular complexity index is 920. The van der Waals surface area contributed by atoms with Crippen molar-refractivity contribution in [1.29, 1.82) is 0 Å². The Balaban J connectivity index is 2.05. The summed E-state index contributed by atoms with van der Waals surface area (Å²) in [7, 11) is 2.10. The van der Waals surface area contributed by atoms with Crippen LogP contribution in [-0.2, 0) is 16.3 Å². The van der Waals surface area contributed by atoms with Gasteiger partial charge in [-0.3, -0.25) is 4.90 Å². The minimum Gasteiger partial charge on any atom is -0.493 e. The van der Waals surface area contributed by atoms with Crippen molar-refractivity contribution in [2.45, 2.75) is 36.5 Å². The van der Waals surface area contributed by atoms with Gasteiger partial charge >= 0.3 is 0 Å². The van der Waals surface area contributed by atoms with Crippen molar-refractivity contribution in [2.75, 3.05) is 27.8 Å². The molecular weight excluding hydrogens is 362 g/mol. The van der Waals surface area contributed by atoms with E-state index in [-0.39, 0.29) is 6.04 Å². The molecule has 0 saturated carbocycles. The molecule has 0 aromatic heterocycles. The van der Waals surface area contributed by atoms with E-state index in [1.165, 1.54) is 11.1 Å². The van der Waals surface area contributed by atoms with E-state index in [1.807, 2.05) is 24.3 Å².